The zero-order valence-electron chi connectivity index (χ0n) is 15.5. The Morgan fingerprint density at radius 3 is 2.79 bits per heavy atom. The fourth-order valence-corrected chi connectivity index (χ4v) is 3.55. The lowest BCUT2D eigenvalue weighted by Crippen LogP contribution is -2.31. The predicted molar refractivity (Wildman–Crippen MR) is 104 cm³/mol. The number of ether oxygens (including phenoxy) is 2. The molecule has 1 aromatic heterocycles. The molecule has 0 saturated carbocycles. The number of hydrogen-bond donors (Lipinski definition) is 2. The van der Waals surface area contributed by atoms with Gasteiger partial charge in [0.05, 0.1) is 6.07 Å². The van der Waals surface area contributed by atoms with Crippen LogP contribution in [0.25, 0.3) is 0 Å². The number of aryl methyl sites for hydroxylation is 1. The van der Waals surface area contributed by atoms with Crippen LogP contribution in [0.1, 0.15) is 35.2 Å². The summed E-state index contributed by atoms with van der Waals surface area (Å²) in [5.41, 5.74) is 3.76. The molecular weight excluding hydrogens is 352 g/mol. The van der Waals surface area contributed by atoms with E-state index in [9.17, 15) is 5.26 Å². The number of fused-ring (bicyclic) bond motifs is 1. The number of nitriles is 1. The molecule has 0 bridgehead atoms. The fraction of sp³-hybridized carbons (Fsp3) is 0.227. The lowest BCUT2D eigenvalue weighted by atomic mass is 9.79. The second-order valence-corrected chi connectivity index (χ2v) is 6.67. The van der Waals surface area contributed by atoms with E-state index in [2.05, 4.69) is 16.3 Å². The van der Waals surface area contributed by atoms with E-state index in [0.29, 0.717) is 12.5 Å². The van der Waals surface area contributed by atoms with Gasteiger partial charge < -0.3 is 9.47 Å². The number of aromatic amines is 1. The summed E-state index contributed by atoms with van der Waals surface area (Å²) in [6.45, 7) is 2.48. The fourth-order valence-electron chi connectivity index (χ4n) is 3.55. The second-order valence-electron chi connectivity index (χ2n) is 6.67. The Balaban J connectivity index is 1.68. The second kappa shape index (κ2) is 7.57. The summed E-state index contributed by atoms with van der Waals surface area (Å²) in [6.07, 6.45) is 0.734. The minimum absolute atomic E-state index is 0.0789. The molecule has 1 aliphatic rings. The largest absolute Gasteiger partial charge is 0.489 e. The molecule has 2 N–H and O–H groups in total. The summed E-state index contributed by atoms with van der Waals surface area (Å²) in [7, 11) is 0. The number of H-pyrrole nitrogens is 1. The standard InChI is InChI=1S/C22H20N4O2/c1-2-18-20-19(17(12-23)21(24)28-22(20)26-25-18)15-9-6-10-16(11-15)27-13-14-7-4-3-5-8-14/h3-11,17,19,24H,2,13H2,1H3,(H,25,26). The van der Waals surface area contributed by atoms with Crippen molar-refractivity contribution in [2.75, 3.05) is 0 Å². The minimum Gasteiger partial charge on any atom is -0.489 e. The maximum absolute atomic E-state index is 9.71. The maximum atomic E-state index is 9.71. The van der Waals surface area contributed by atoms with Crippen molar-refractivity contribution in [3.05, 3.63) is 77.0 Å². The van der Waals surface area contributed by atoms with Crippen LogP contribution in [-0.4, -0.2) is 16.1 Å². The lowest BCUT2D eigenvalue weighted by molar-refractivity contribution is 0.305. The van der Waals surface area contributed by atoms with Gasteiger partial charge in [-0.15, -0.1) is 5.10 Å². The molecule has 0 spiro atoms. The molecule has 0 amide bonds. The monoisotopic (exact) mass is 372 g/mol. The van der Waals surface area contributed by atoms with Crippen LogP contribution in [0.15, 0.2) is 54.6 Å². The van der Waals surface area contributed by atoms with Crippen molar-refractivity contribution >= 4 is 5.90 Å². The van der Waals surface area contributed by atoms with Crippen LogP contribution >= 0.6 is 0 Å². The Morgan fingerprint density at radius 2 is 2.04 bits per heavy atom. The molecule has 1 aliphatic heterocycles. The van der Waals surface area contributed by atoms with E-state index in [0.717, 1.165) is 34.6 Å². The van der Waals surface area contributed by atoms with E-state index in [1.807, 2.05) is 61.5 Å². The first-order valence-electron chi connectivity index (χ1n) is 9.21. The SMILES string of the molecule is CCc1[nH]nc2c1C(c1cccc(OCc3ccccc3)c1)C(C#N)C(=N)O2. The molecule has 0 aliphatic carbocycles. The van der Waals surface area contributed by atoms with Crippen LogP contribution in [0, 0.1) is 22.7 Å². The quantitative estimate of drug-likeness (QED) is 0.702. The minimum atomic E-state index is -0.709. The molecule has 0 fully saturated rings. The zero-order valence-corrected chi connectivity index (χ0v) is 15.5. The summed E-state index contributed by atoms with van der Waals surface area (Å²) >= 11 is 0. The van der Waals surface area contributed by atoms with Crippen LogP contribution < -0.4 is 9.47 Å². The molecule has 2 aromatic carbocycles. The average molecular weight is 372 g/mol. The highest BCUT2D eigenvalue weighted by Gasteiger charge is 2.40. The summed E-state index contributed by atoms with van der Waals surface area (Å²) in [5, 5.41) is 25.0. The van der Waals surface area contributed by atoms with E-state index in [4.69, 9.17) is 14.9 Å². The highest BCUT2D eigenvalue weighted by Crippen LogP contribution is 2.43. The molecule has 0 radical (unpaired) electrons. The average Bonchev–Trinajstić information content (AvgIpc) is 3.14. The van der Waals surface area contributed by atoms with E-state index in [-0.39, 0.29) is 11.8 Å². The summed E-state index contributed by atoms with van der Waals surface area (Å²) in [5.74, 6) is -0.00660. The molecule has 0 saturated heterocycles. The van der Waals surface area contributed by atoms with Crippen molar-refractivity contribution in [1.29, 1.82) is 10.7 Å². The highest BCUT2D eigenvalue weighted by atomic mass is 16.5. The van der Waals surface area contributed by atoms with Gasteiger partial charge in [-0.3, -0.25) is 10.5 Å². The first-order valence-corrected chi connectivity index (χ1v) is 9.21. The van der Waals surface area contributed by atoms with Gasteiger partial charge >= 0.3 is 0 Å². The van der Waals surface area contributed by atoms with Crippen LogP contribution in [0.3, 0.4) is 0 Å². The molecule has 140 valence electrons. The Kier molecular flexibility index (Phi) is 4.81. The number of hydrogen-bond acceptors (Lipinski definition) is 5. The molecule has 2 unspecified atom stereocenters. The lowest BCUT2D eigenvalue weighted by Gasteiger charge is -2.28. The zero-order chi connectivity index (χ0) is 19.5. The number of nitrogens with one attached hydrogen (secondary N) is 2. The number of benzene rings is 2. The van der Waals surface area contributed by atoms with Gasteiger partial charge in [0.2, 0.25) is 11.8 Å². The van der Waals surface area contributed by atoms with E-state index in [1.54, 1.807) is 0 Å². The maximum Gasteiger partial charge on any atom is 0.243 e. The van der Waals surface area contributed by atoms with Crippen molar-refractivity contribution in [3.63, 3.8) is 0 Å². The smallest absolute Gasteiger partial charge is 0.243 e. The third-order valence-corrected chi connectivity index (χ3v) is 4.94. The topological polar surface area (TPSA) is 94.8 Å². The molecule has 2 heterocycles. The van der Waals surface area contributed by atoms with Crippen molar-refractivity contribution in [1.82, 2.24) is 10.2 Å². The molecule has 2 atom stereocenters. The Bertz CT molecular complexity index is 1040. The summed E-state index contributed by atoms with van der Waals surface area (Å²) in [4.78, 5) is 0. The van der Waals surface area contributed by atoms with Gasteiger partial charge in [0, 0.05) is 17.2 Å². The molecule has 4 rings (SSSR count). The molecule has 3 aromatic rings. The summed E-state index contributed by atoms with van der Waals surface area (Å²) < 4.78 is 11.4. The Labute approximate surface area is 163 Å². The van der Waals surface area contributed by atoms with Gasteiger partial charge in [-0.25, -0.2) is 0 Å². The number of aromatic nitrogens is 2. The van der Waals surface area contributed by atoms with E-state index >= 15 is 0 Å². The van der Waals surface area contributed by atoms with Gasteiger partial charge in [0.1, 0.15) is 18.3 Å². The predicted octanol–water partition coefficient (Wildman–Crippen LogP) is 4.19. The van der Waals surface area contributed by atoms with Gasteiger partial charge in [-0.05, 0) is 29.7 Å². The first-order chi connectivity index (χ1) is 13.7. The van der Waals surface area contributed by atoms with Gasteiger partial charge in [-0.1, -0.05) is 49.4 Å². The van der Waals surface area contributed by atoms with Crippen LogP contribution in [0.5, 0.6) is 11.6 Å². The number of nitrogens with zero attached hydrogens (tertiary/aromatic N) is 2. The Morgan fingerprint density at radius 1 is 1.21 bits per heavy atom. The Hall–Kier alpha value is -3.59. The van der Waals surface area contributed by atoms with Crippen molar-refractivity contribution in [2.24, 2.45) is 5.92 Å². The van der Waals surface area contributed by atoms with Crippen LogP contribution in [0.2, 0.25) is 0 Å². The van der Waals surface area contributed by atoms with Crippen molar-refractivity contribution in [3.8, 4) is 17.7 Å². The molecule has 6 nitrogen and oxygen atoms in total. The molecule has 28 heavy (non-hydrogen) atoms. The summed E-state index contributed by atoms with van der Waals surface area (Å²) in [6, 6.07) is 19.9. The van der Waals surface area contributed by atoms with Gasteiger partial charge in [0.25, 0.3) is 0 Å². The van der Waals surface area contributed by atoms with Crippen molar-refractivity contribution in [2.45, 2.75) is 25.9 Å². The first kappa shape index (κ1) is 17.8. The van der Waals surface area contributed by atoms with Gasteiger partial charge in [0.15, 0.2) is 0 Å². The van der Waals surface area contributed by atoms with Crippen LogP contribution in [0.4, 0.5) is 0 Å². The number of rotatable bonds is 5. The van der Waals surface area contributed by atoms with E-state index in [1.165, 1.54) is 0 Å². The van der Waals surface area contributed by atoms with Gasteiger partial charge in [-0.2, -0.15) is 5.26 Å². The van der Waals surface area contributed by atoms with Crippen molar-refractivity contribution < 1.29 is 9.47 Å². The van der Waals surface area contributed by atoms with Crippen LogP contribution in [-0.2, 0) is 13.0 Å². The third-order valence-electron chi connectivity index (χ3n) is 4.94. The third kappa shape index (κ3) is 3.23. The highest BCUT2D eigenvalue weighted by molar-refractivity contribution is 5.84. The molecular formula is C22H20N4O2. The normalized spacial score (nSPS) is 18.1. The van der Waals surface area contributed by atoms with E-state index < -0.39 is 5.92 Å². The molecule has 6 heteroatoms.